The van der Waals surface area contributed by atoms with Crippen molar-refractivity contribution in [1.82, 2.24) is 9.47 Å². The van der Waals surface area contributed by atoms with Crippen molar-refractivity contribution in [2.24, 2.45) is 4.99 Å². The van der Waals surface area contributed by atoms with E-state index in [1.165, 1.54) is 50.3 Å². The van der Waals surface area contributed by atoms with Gasteiger partial charge < -0.3 is 9.67 Å². The second-order valence-corrected chi connectivity index (χ2v) is 10.4. The highest BCUT2D eigenvalue weighted by molar-refractivity contribution is 8.18. The highest BCUT2D eigenvalue weighted by Crippen LogP contribution is 2.38. The summed E-state index contributed by atoms with van der Waals surface area (Å²) < 4.78 is 1.98. The number of nitrogens with zero attached hydrogens (tertiary/aromatic N) is 3. The first-order chi connectivity index (χ1) is 16.6. The summed E-state index contributed by atoms with van der Waals surface area (Å²) in [5.41, 5.74) is 2.00. The predicted molar refractivity (Wildman–Crippen MR) is 136 cm³/mol. The number of aliphatic imine (C=N–C) groups is 1. The molecule has 3 aliphatic rings. The van der Waals surface area contributed by atoms with Crippen LogP contribution in [0.3, 0.4) is 0 Å². The van der Waals surface area contributed by atoms with Crippen molar-refractivity contribution in [3.05, 3.63) is 58.8 Å². The van der Waals surface area contributed by atoms with Crippen LogP contribution in [0.1, 0.15) is 80.3 Å². The Bertz CT molecular complexity index is 1110. The Hall–Kier alpha value is -2.80. The van der Waals surface area contributed by atoms with Gasteiger partial charge in [-0.1, -0.05) is 38.5 Å². The molecule has 5 rings (SSSR count). The number of aromatic nitrogens is 1. The zero-order valence-corrected chi connectivity index (χ0v) is 20.2. The molecular formula is C27H31N3O3S. The predicted octanol–water partition coefficient (Wildman–Crippen LogP) is 6.11. The minimum atomic E-state index is -0.943. The second kappa shape index (κ2) is 10.2. The van der Waals surface area contributed by atoms with E-state index in [-0.39, 0.29) is 17.5 Å². The van der Waals surface area contributed by atoms with E-state index in [2.05, 4.69) is 0 Å². The molecule has 2 aromatic rings. The molecule has 1 N–H and O–H groups in total. The number of hydrogen-bond donors (Lipinski definition) is 1. The summed E-state index contributed by atoms with van der Waals surface area (Å²) in [6.07, 6.45) is 15.5. The van der Waals surface area contributed by atoms with Gasteiger partial charge in [0.15, 0.2) is 5.17 Å². The van der Waals surface area contributed by atoms with E-state index in [0.29, 0.717) is 10.9 Å². The maximum Gasteiger partial charge on any atom is 0.335 e. The standard InChI is InChI=1S/C27H31N3O3S/c31-25-24(18-23-12-7-17-29(23)21-15-13-19(14-16-21)26(32)33)34-27(28-20-8-3-1-4-9-20)30(25)22-10-5-2-6-11-22/h7,12-18,20,22H,1-6,8-11H2,(H,32,33). The second-order valence-electron chi connectivity index (χ2n) is 9.44. The van der Waals surface area contributed by atoms with Crippen molar-refractivity contribution < 1.29 is 14.7 Å². The molecule has 2 saturated carbocycles. The van der Waals surface area contributed by atoms with Crippen molar-refractivity contribution in [3.63, 3.8) is 0 Å². The number of benzene rings is 1. The van der Waals surface area contributed by atoms with Crippen molar-refractivity contribution >= 4 is 34.9 Å². The molecule has 0 atom stereocenters. The van der Waals surface area contributed by atoms with Crippen LogP contribution < -0.4 is 0 Å². The average Bonchev–Trinajstić information content (AvgIpc) is 3.45. The number of carbonyl (C=O) groups excluding carboxylic acids is 1. The van der Waals surface area contributed by atoms with Crippen LogP contribution >= 0.6 is 11.8 Å². The Morgan fingerprint density at radius 1 is 0.971 bits per heavy atom. The molecule has 2 heterocycles. The third-order valence-electron chi connectivity index (χ3n) is 7.10. The SMILES string of the molecule is O=C(O)c1ccc(-n2cccc2C=C2SC(=NC3CCCCC3)N(C3CCCCC3)C2=O)cc1. The number of rotatable bonds is 5. The van der Waals surface area contributed by atoms with Crippen molar-refractivity contribution in [3.8, 4) is 5.69 Å². The van der Waals surface area contributed by atoms with Gasteiger partial charge >= 0.3 is 5.97 Å². The van der Waals surface area contributed by atoms with Gasteiger partial charge in [0, 0.05) is 23.6 Å². The molecule has 178 valence electrons. The van der Waals surface area contributed by atoms with Crippen LogP contribution in [-0.4, -0.2) is 43.7 Å². The monoisotopic (exact) mass is 477 g/mol. The van der Waals surface area contributed by atoms with Crippen molar-refractivity contribution in [2.45, 2.75) is 76.3 Å². The minimum absolute atomic E-state index is 0.0698. The van der Waals surface area contributed by atoms with Gasteiger partial charge in [-0.25, -0.2) is 4.79 Å². The van der Waals surface area contributed by atoms with Crippen molar-refractivity contribution in [1.29, 1.82) is 0 Å². The molecule has 0 spiro atoms. The number of amides is 1. The van der Waals surface area contributed by atoms with Crippen molar-refractivity contribution in [2.75, 3.05) is 0 Å². The third kappa shape index (κ3) is 4.85. The van der Waals surface area contributed by atoms with E-state index in [4.69, 9.17) is 4.99 Å². The molecule has 2 aliphatic carbocycles. The van der Waals surface area contributed by atoms with Crippen LogP contribution in [0.5, 0.6) is 0 Å². The molecule has 1 saturated heterocycles. The molecule has 1 amide bonds. The summed E-state index contributed by atoms with van der Waals surface area (Å²) in [6.45, 7) is 0. The molecule has 6 nitrogen and oxygen atoms in total. The van der Waals surface area contributed by atoms with E-state index < -0.39 is 5.97 Å². The van der Waals surface area contributed by atoms with Gasteiger partial charge in [0.25, 0.3) is 5.91 Å². The number of carbonyl (C=O) groups is 2. The lowest BCUT2D eigenvalue weighted by Gasteiger charge is -2.31. The molecular weight excluding hydrogens is 446 g/mol. The number of thioether (sulfide) groups is 1. The first-order valence-corrected chi connectivity index (χ1v) is 13.2. The first-order valence-electron chi connectivity index (χ1n) is 12.4. The normalized spacial score (nSPS) is 22.7. The van der Waals surface area contributed by atoms with E-state index in [9.17, 15) is 14.7 Å². The summed E-state index contributed by atoms with van der Waals surface area (Å²) in [5.74, 6) is -0.873. The van der Waals surface area contributed by atoms with Gasteiger partial charge in [-0.15, -0.1) is 0 Å². The molecule has 1 aromatic heterocycles. The Labute approximate surface area is 204 Å². The Balaban J connectivity index is 1.45. The molecule has 0 bridgehead atoms. The maximum atomic E-state index is 13.6. The molecule has 3 fully saturated rings. The van der Waals surface area contributed by atoms with Crippen LogP contribution in [0, 0.1) is 0 Å². The van der Waals surface area contributed by atoms with E-state index >= 15 is 0 Å². The lowest BCUT2D eigenvalue weighted by molar-refractivity contribution is -0.124. The molecule has 1 aliphatic heterocycles. The fourth-order valence-corrected chi connectivity index (χ4v) is 6.34. The fraction of sp³-hybridized carbons (Fsp3) is 0.444. The Kier molecular flexibility index (Phi) is 6.90. The summed E-state index contributed by atoms with van der Waals surface area (Å²) in [6, 6.07) is 11.3. The summed E-state index contributed by atoms with van der Waals surface area (Å²) in [7, 11) is 0. The Morgan fingerprint density at radius 3 is 2.32 bits per heavy atom. The summed E-state index contributed by atoms with van der Waals surface area (Å²) in [4.78, 5) is 32.6. The van der Waals surface area contributed by atoms with Crippen LogP contribution in [-0.2, 0) is 4.79 Å². The van der Waals surface area contributed by atoms with Gasteiger partial charge in [0.2, 0.25) is 0 Å². The highest BCUT2D eigenvalue weighted by Gasteiger charge is 2.39. The lowest BCUT2D eigenvalue weighted by Crippen LogP contribution is -2.41. The zero-order chi connectivity index (χ0) is 23.5. The van der Waals surface area contributed by atoms with E-state index in [1.54, 1.807) is 24.3 Å². The number of amidine groups is 1. The highest BCUT2D eigenvalue weighted by atomic mass is 32.2. The number of aromatic carboxylic acids is 1. The molecule has 0 unspecified atom stereocenters. The summed E-state index contributed by atoms with van der Waals surface area (Å²) >= 11 is 1.52. The van der Waals surface area contributed by atoms with E-state index in [1.807, 2.05) is 33.9 Å². The number of carboxylic acid groups (broad SMARTS) is 1. The van der Waals surface area contributed by atoms with Gasteiger partial charge in [0.1, 0.15) is 0 Å². The van der Waals surface area contributed by atoms with Gasteiger partial charge in [-0.2, -0.15) is 0 Å². The van der Waals surface area contributed by atoms with Gasteiger partial charge in [0.05, 0.1) is 16.5 Å². The summed E-state index contributed by atoms with van der Waals surface area (Å²) in [5, 5.41) is 10.1. The third-order valence-corrected chi connectivity index (χ3v) is 8.09. The largest absolute Gasteiger partial charge is 0.478 e. The topological polar surface area (TPSA) is 74.9 Å². The average molecular weight is 478 g/mol. The fourth-order valence-electron chi connectivity index (χ4n) is 5.25. The smallest absolute Gasteiger partial charge is 0.335 e. The van der Waals surface area contributed by atoms with Crippen LogP contribution in [0.25, 0.3) is 11.8 Å². The van der Waals surface area contributed by atoms with Gasteiger partial charge in [-0.05, 0) is 79.9 Å². The molecule has 0 radical (unpaired) electrons. The molecule has 7 heteroatoms. The lowest BCUT2D eigenvalue weighted by atomic mass is 9.94. The number of hydrogen-bond acceptors (Lipinski definition) is 4. The quantitative estimate of drug-likeness (QED) is 0.527. The zero-order valence-electron chi connectivity index (χ0n) is 19.4. The molecule has 1 aromatic carbocycles. The first kappa shape index (κ1) is 23.0. The van der Waals surface area contributed by atoms with Crippen LogP contribution in [0.4, 0.5) is 0 Å². The molecule has 34 heavy (non-hydrogen) atoms. The van der Waals surface area contributed by atoms with Crippen LogP contribution in [0.15, 0.2) is 52.5 Å². The van der Waals surface area contributed by atoms with E-state index in [0.717, 1.165) is 42.2 Å². The van der Waals surface area contributed by atoms with Gasteiger partial charge in [-0.3, -0.25) is 14.7 Å². The maximum absolute atomic E-state index is 13.6. The number of carboxylic acids is 1. The van der Waals surface area contributed by atoms with Crippen LogP contribution in [0.2, 0.25) is 0 Å². The minimum Gasteiger partial charge on any atom is -0.478 e. The Morgan fingerprint density at radius 2 is 1.65 bits per heavy atom.